The van der Waals surface area contributed by atoms with E-state index in [1.54, 1.807) is 21.3 Å². The minimum atomic E-state index is 0.167. The van der Waals surface area contributed by atoms with Gasteiger partial charge in [-0.1, -0.05) is 6.07 Å². The summed E-state index contributed by atoms with van der Waals surface area (Å²) < 4.78 is 16.5. The van der Waals surface area contributed by atoms with Gasteiger partial charge in [0, 0.05) is 33.4 Å². The third-order valence-corrected chi connectivity index (χ3v) is 4.91. The number of likely N-dealkylation sites (N-methyl/N-ethyl adjacent to an activating group) is 1. The Hall–Kier alpha value is -1.99. The van der Waals surface area contributed by atoms with Gasteiger partial charge in [-0.15, -0.1) is 0 Å². The molecule has 28 heavy (non-hydrogen) atoms. The van der Waals surface area contributed by atoms with Crippen LogP contribution in [-0.4, -0.2) is 72.5 Å². The van der Waals surface area contributed by atoms with Gasteiger partial charge in [0.15, 0.2) is 17.5 Å². The van der Waals surface area contributed by atoms with Gasteiger partial charge in [-0.25, -0.2) is 0 Å². The van der Waals surface area contributed by atoms with E-state index >= 15 is 0 Å². The van der Waals surface area contributed by atoms with Crippen molar-refractivity contribution in [1.29, 1.82) is 0 Å². The van der Waals surface area contributed by atoms with Crippen LogP contribution in [0.5, 0.6) is 11.5 Å². The SMILES string of the molecule is CN=C(NCCCOCC1CC1)NCC(c1ccc(OC)c(OC)c1)N(C)C. The fraction of sp³-hybridized carbons (Fsp3) is 0.667. The number of hydrogen-bond acceptors (Lipinski definition) is 5. The molecule has 1 aliphatic rings. The van der Waals surface area contributed by atoms with E-state index in [-0.39, 0.29) is 6.04 Å². The number of nitrogens with zero attached hydrogens (tertiary/aromatic N) is 2. The fourth-order valence-electron chi connectivity index (χ4n) is 2.99. The number of guanidine groups is 1. The zero-order valence-corrected chi connectivity index (χ0v) is 18.0. The molecule has 1 saturated carbocycles. The first-order chi connectivity index (χ1) is 13.6. The van der Waals surface area contributed by atoms with Crippen molar-refractivity contribution in [2.75, 3.05) is 61.7 Å². The molecule has 0 aromatic heterocycles. The highest BCUT2D eigenvalue weighted by Gasteiger charge is 2.21. The minimum absolute atomic E-state index is 0.167. The van der Waals surface area contributed by atoms with Crippen molar-refractivity contribution in [2.45, 2.75) is 25.3 Å². The molecule has 0 amide bonds. The third-order valence-electron chi connectivity index (χ3n) is 4.91. The van der Waals surface area contributed by atoms with Crippen molar-refractivity contribution in [3.63, 3.8) is 0 Å². The van der Waals surface area contributed by atoms with Gasteiger partial charge in [0.2, 0.25) is 0 Å². The third kappa shape index (κ3) is 7.20. The molecule has 158 valence electrons. The minimum Gasteiger partial charge on any atom is -0.493 e. The second kappa shape index (κ2) is 11.8. The Balaban J connectivity index is 1.81. The van der Waals surface area contributed by atoms with Gasteiger partial charge >= 0.3 is 0 Å². The lowest BCUT2D eigenvalue weighted by molar-refractivity contribution is 0.123. The Morgan fingerprint density at radius 1 is 1.18 bits per heavy atom. The number of nitrogens with one attached hydrogen (secondary N) is 2. The van der Waals surface area contributed by atoms with Gasteiger partial charge in [-0.05, 0) is 57.0 Å². The molecule has 2 rings (SSSR count). The van der Waals surface area contributed by atoms with E-state index in [2.05, 4.69) is 40.7 Å². The van der Waals surface area contributed by atoms with Crippen molar-refractivity contribution in [1.82, 2.24) is 15.5 Å². The Morgan fingerprint density at radius 3 is 2.54 bits per heavy atom. The first-order valence-electron chi connectivity index (χ1n) is 9.99. The molecular weight excluding hydrogens is 356 g/mol. The maximum absolute atomic E-state index is 5.67. The predicted octanol–water partition coefficient (Wildman–Crippen LogP) is 2.29. The normalized spacial score (nSPS) is 15.4. The quantitative estimate of drug-likeness (QED) is 0.323. The molecule has 1 unspecified atom stereocenters. The Bertz CT molecular complexity index is 618. The molecule has 0 aliphatic heterocycles. The first kappa shape index (κ1) is 22.3. The Labute approximate surface area is 169 Å². The van der Waals surface area contributed by atoms with E-state index < -0.39 is 0 Å². The number of benzene rings is 1. The van der Waals surface area contributed by atoms with Gasteiger partial charge in [0.05, 0.1) is 20.3 Å². The second-order valence-electron chi connectivity index (χ2n) is 7.35. The maximum Gasteiger partial charge on any atom is 0.191 e. The van der Waals surface area contributed by atoms with Crippen LogP contribution < -0.4 is 20.1 Å². The summed E-state index contributed by atoms with van der Waals surface area (Å²) in [6, 6.07) is 6.21. The summed E-state index contributed by atoms with van der Waals surface area (Å²) in [7, 11) is 9.23. The fourth-order valence-corrected chi connectivity index (χ4v) is 2.99. The summed E-state index contributed by atoms with van der Waals surface area (Å²) in [6.45, 7) is 3.28. The predicted molar refractivity (Wildman–Crippen MR) is 113 cm³/mol. The lowest BCUT2D eigenvalue weighted by atomic mass is 10.1. The highest BCUT2D eigenvalue weighted by molar-refractivity contribution is 5.79. The van der Waals surface area contributed by atoms with Crippen LogP contribution in [0.3, 0.4) is 0 Å². The van der Waals surface area contributed by atoms with E-state index in [1.165, 1.54) is 12.8 Å². The highest BCUT2D eigenvalue weighted by Crippen LogP contribution is 2.31. The van der Waals surface area contributed by atoms with Crippen LogP contribution in [-0.2, 0) is 4.74 Å². The van der Waals surface area contributed by atoms with Crippen LogP contribution in [0.15, 0.2) is 23.2 Å². The average Bonchev–Trinajstić information content (AvgIpc) is 3.53. The van der Waals surface area contributed by atoms with Crippen molar-refractivity contribution >= 4 is 5.96 Å². The zero-order valence-electron chi connectivity index (χ0n) is 18.0. The summed E-state index contributed by atoms with van der Waals surface area (Å²) in [4.78, 5) is 6.49. The summed E-state index contributed by atoms with van der Waals surface area (Å²) in [5.74, 6) is 3.09. The highest BCUT2D eigenvalue weighted by atomic mass is 16.5. The molecule has 7 nitrogen and oxygen atoms in total. The number of hydrogen-bond donors (Lipinski definition) is 2. The number of ether oxygens (including phenoxy) is 3. The molecule has 7 heteroatoms. The Kier molecular flexibility index (Phi) is 9.37. The molecule has 2 N–H and O–H groups in total. The van der Waals surface area contributed by atoms with Gasteiger partial charge in [-0.2, -0.15) is 0 Å². The van der Waals surface area contributed by atoms with Gasteiger partial charge in [0.1, 0.15) is 0 Å². The molecule has 0 heterocycles. The monoisotopic (exact) mass is 392 g/mol. The van der Waals surface area contributed by atoms with Crippen molar-refractivity contribution in [3.05, 3.63) is 23.8 Å². The molecule has 1 aliphatic carbocycles. The molecule has 0 bridgehead atoms. The van der Waals surface area contributed by atoms with Crippen LogP contribution in [0.2, 0.25) is 0 Å². The standard InChI is InChI=1S/C21H36N4O3/c1-22-21(23-11-6-12-28-15-16-7-8-16)24-14-18(25(2)3)17-9-10-19(26-4)20(13-17)27-5/h9-10,13,16,18H,6-8,11-12,14-15H2,1-5H3,(H2,22,23,24). The van der Waals surface area contributed by atoms with Crippen LogP contribution >= 0.6 is 0 Å². The maximum atomic E-state index is 5.67. The molecule has 1 atom stereocenters. The first-order valence-corrected chi connectivity index (χ1v) is 9.99. The summed E-state index contributed by atoms with van der Waals surface area (Å²) in [5, 5.41) is 6.77. The molecule has 0 saturated heterocycles. The van der Waals surface area contributed by atoms with E-state index in [1.807, 2.05) is 12.1 Å². The van der Waals surface area contributed by atoms with Gasteiger partial charge in [0.25, 0.3) is 0 Å². The summed E-state index contributed by atoms with van der Waals surface area (Å²) in [6.07, 6.45) is 3.64. The van der Waals surface area contributed by atoms with Crippen LogP contribution in [0, 0.1) is 5.92 Å². The summed E-state index contributed by atoms with van der Waals surface area (Å²) in [5.41, 5.74) is 1.15. The van der Waals surface area contributed by atoms with Crippen LogP contribution in [0.1, 0.15) is 30.9 Å². The van der Waals surface area contributed by atoms with Crippen molar-refractivity contribution < 1.29 is 14.2 Å². The number of rotatable bonds is 12. The van der Waals surface area contributed by atoms with Crippen molar-refractivity contribution in [3.8, 4) is 11.5 Å². The van der Waals surface area contributed by atoms with Crippen LogP contribution in [0.4, 0.5) is 0 Å². The Morgan fingerprint density at radius 2 is 1.93 bits per heavy atom. The lowest BCUT2D eigenvalue weighted by Crippen LogP contribution is -2.42. The van der Waals surface area contributed by atoms with Crippen LogP contribution in [0.25, 0.3) is 0 Å². The molecule has 1 fully saturated rings. The van der Waals surface area contributed by atoms with E-state index in [4.69, 9.17) is 14.2 Å². The average molecular weight is 393 g/mol. The van der Waals surface area contributed by atoms with Gasteiger partial charge < -0.3 is 29.7 Å². The lowest BCUT2D eigenvalue weighted by Gasteiger charge is -2.26. The topological polar surface area (TPSA) is 67.4 Å². The number of methoxy groups -OCH3 is 2. The second-order valence-corrected chi connectivity index (χ2v) is 7.35. The van der Waals surface area contributed by atoms with E-state index in [0.717, 1.165) is 61.7 Å². The van der Waals surface area contributed by atoms with E-state index in [9.17, 15) is 0 Å². The molecule has 0 spiro atoms. The molecule has 1 aromatic carbocycles. The van der Waals surface area contributed by atoms with Crippen molar-refractivity contribution in [2.24, 2.45) is 10.9 Å². The van der Waals surface area contributed by atoms with E-state index in [0.29, 0.717) is 0 Å². The number of aliphatic imine (C=N–C) groups is 1. The molecule has 0 radical (unpaired) electrons. The largest absolute Gasteiger partial charge is 0.493 e. The molecule has 1 aromatic rings. The molecular formula is C21H36N4O3. The summed E-state index contributed by atoms with van der Waals surface area (Å²) >= 11 is 0. The van der Waals surface area contributed by atoms with Gasteiger partial charge in [-0.3, -0.25) is 4.99 Å². The zero-order chi connectivity index (χ0) is 20.4. The smallest absolute Gasteiger partial charge is 0.191 e.